The molecule has 0 aliphatic carbocycles. The lowest BCUT2D eigenvalue weighted by atomic mass is 10.1. The van der Waals surface area contributed by atoms with Crippen LogP contribution in [0.3, 0.4) is 0 Å². The van der Waals surface area contributed by atoms with Crippen molar-refractivity contribution in [2.45, 2.75) is 25.9 Å². The first kappa shape index (κ1) is 22.0. The molecule has 2 aromatic carbocycles. The fourth-order valence-corrected chi connectivity index (χ4v) is 4.30. The zero-order valence-electron chi connectivity index (χ0n) is 16.4. The van der Waals surface area contributed by atoms with E-state index in [2.05, 4.69) is 0 Å². The molecule has 0 saturated heterocycles. The molecule has 0 heterocycles. The highest BCUT2D eigenvalue weighted by atomic mass is 35.5. The predicted octanol–water partition coefficient (Wildman–Crippen LogP) is 3.55. The minimum absolute atomic E-state index is 0.279. The Hall–Kier alpha value is -2.25. The van der Waals surface area contributed by atoms with Gasteiger partial charge in [0.1, 0.15) is 11.8 Å². The summed E-state index contributed by atoms with van der Waals surface area (Å²) in [6.07, 6.45) is 1.43. The number of amides is 1. The zero-order chi connectivity index (χ0) is 20.9. The molecule has 0 N–H and O–H groups in total. The molecule has 0 unspecified atom stereocenters. The number of sulfonamides is 1. The molecule has 0 fully saturated rings. The lowest BCUT2D eigenvalue weighted by Crippen LogP contribution is -2.49. The summed E-state index contributed by atoms with van der Waals surface area (Å²) < 4.78 is 31.3. The van der Waals surface area contributed by atoms with Crippen molar-refractivity contribution in [3.05, 3.63) is 59.1 Å². The second-order valence-electron chi connectivity index (χ2n) is 6.50. The van der Waals surface area contributed by atoms with Crippen LogP contribution in [0.15, 0.2) is 48.5 Å². The summed E-state index contributed by atoms with van der Waals surface area (Å²) in [7, 11) is -0.422. The van der Waals surface area contributed by atoms with Crippen LogP contribution in [0.2, 0.25) is 5.02 Å². The van der Waals surface area contributed by atoms with Crippen molar-refractivity contribution in [3.63, 3.8) is 0 Å². The van der Waals surface area contributed by atoms with E-state index in [1.54, 1.807) is 45.3 Å². The molecular formula is C20H25ClN2O4S. The monoisotopic (exact) mass is 424 g/mol. The van der Waals surface area contributed by atoms with Crippen molar-refractivity contribution < 1.29 is 17.9 Å². The van der Waals surface area contributed by atoms with E-state index in [0.29, 0.717) is 23.7 Å². The number of hydrogen-bond donors (Lipinski definition) is 0. The molecule has 8 heteroatoms. The number of likely N-dealkylation sites (N-methyl/N-ethyl adjacent to an activating group) is 1. The van der Waals surface area contributed by atoms with Gasteiger partial charge in [-0.15, -0.1) is 0 Å². The lowest BCUT2D eigenvalue weighted by molar-refractivity contribution is -0.131. The first-order valence-electron chi connectivity index (χ1n) is 8.80. The summed E-state index contributed by atoms with van der Waals surface area (Å²) in [4.78, 5) is 14.6. The number of halogens is 1. The topological polar surface area (TPSA) is 66.9 Å². The Kier molecular flexibility index (Phi) is 7.32. The number of rotatable bonds is 8. The van der Waals surface area contributed by atoms with E-state index in [-0.39, 0.29) is 5.91 Å². The van der Waals surface area contributed by atoms with E-state index in [4.69, 9.17) is 16.3 Å². The van der Waals surface area contributed by atoms with Crippen LogP contribution >= 0.6 is 11.6 Å². The fourth-order valence-electron chi connectivity index (χ4n) is 2.97. The van der Waals surface area contributed by atoms with Crippen LogP contribution < -0.4 is 9.04 Å². The van der Waals surface area contributed by atoms with Crippen molar-refractivity contribution in [2.75, 3.05) is 24.7 Å². The Bertz CT molecular complexity index is 899. The van der Waals surface area contributed by atoms with Crippen LogP contribution in [0, 0.1) is 0 Å². The fraction of sp³-hybridized carbons (Fsp3) is 0.350. The molecule has 2 rings (SSSR count). The maximum atomic E-state index is 13.1. The summed E-state index contributed by atoms with van der Waals surface area (Å²) in [5, 5.41) is 0.494. The molecule has 2 aromatic rings. The van der Waals surface area contributed by atoms with Crippen LogP contribution in [0.1, 0.15) is 18.9 Å². The van der Waals surface area contributed by atoms with E-state index in [1.165, 1.54) is 4.90 Å². The highest BCUT2D eigenvalue weighted by Gasteiger charge is 2.33. The van der Waals surface area contributed by atoms with E-state index < -0.39 is 16.1 Å². The SMILES string of the molecule is CC[C@H](C(=O)N(C)Cc1ccc(OC)cc1)N(c1ccc(Cl)cc1)S(C)(=O)=O. The summed E-state index contributed by atoms with van der Waals surface area (Å²) in [6.45, 7) is 2.15. The number of carbonyl (C=O) groups excluding carboxylic acids is 1. The van der Waals surface area contributed by atoms with Gasteiger partial charge in [0.25, 0.3) is 0 Å². The highest BCUT2D eigenvalue weighted by Crippen LogP contribution is 2.25. The molecule has 0 saturated carbocycles. The average molecular weight is 425 g/mol. The second kappa shape index (κ2) is 9.30. The predicted molar refractivity (Wildman–Crippen MR) is 112 cm³/mol. The third-order valence-corrected chi connectivity index (χ3v) is 5.78. The maximum Gasteiger partial charge on any atom is 0.246 e. The van der Waals surface area contributed by atoms with Gasteiger partial charge in [0.15, 0.2) is 0 Å². The van der Waals surface area contributed by atoms with Gasteiger partial charge in [0.2, 0.25) is 15.9 Å². The van der Waals surface area contributed by atoms with Gasteiger partial charge in [0, 0.05) is 18.6 Å². The maximum absolute atomic E-state index is 13.1. The molecule has 1 atom stereocenters. The van der Waals surface area contributed by atoms with E-state index in [0.717, 1.165) is 21.9 Å². The number of hydrogen-bond acceptors (Lipinski definition) is 4. The highest BCUT2D eigenvalue weighted by molar-refractivity contribution is 7.92. The van der Waals surface area contributed by atoms with Crippen LogP contribution in [0.5, 0.6) is 5.75 Å². The second-order valence-corrected chi connectivity index (χ2v) is 8.80. The lowest BCUT2D eigenvalue weighted by Gasteiger charge is -2.33. The molecule has 28 heavy (non-hydrogen) atoms. The van der Waals surface area contributed by atoms with Gasteiger partial charge < -0.3 is 9.64 Å². The quantitative estimate of drug-likeness (QED) is 0.649. The van der Waals surface area contributed by atoms with Crippen molar-refractivity contribution in [3.8, 4) is 5.75 Å². The van der Waals surface area contributed by atoms with E-state index >= 15 is 0 Å². The summed E-state index contributed by atoms with van der Waals surface area (Å²) in [6, 6.07) is 12.9. The van der Waals surface area contributed by atoms with Gasteiger partial charge in [-0.05, 0) is 48.4 Å². The molecular weight excluding hydrogens is 400 g/mol. The molecule has 0 radical (unpaired) electrons. The molecule has 6 nitrogen and oxygen atoms in total. The third kappa shape index (κ3) is 5.39. The molecule has 152 valence electrons. The minimum atomic E-state index is -3.68. The Balaban J connectivity index is 2.28. The van der Waals surface area contributed by atoms with Crippen LogP contribution in [-0.2, 0) is 21.4 Å². The summed E-state index contributed by atoms with van der Waals surface area (Å²) >= 11 is 5.92. The Morgan fingerprint density at radius 1 is 1.11 bits per heavy atom. The van der Waals surface area contributed by atoms with E-state index in [9.17, 15) is 13.2 Å². The smallest absolute Gasteiger partial charge is 0.246 e. The zero-order valence-corrected chi connectivity index (χ0v) is 18.0. The summed E-state index contributed by atoms with van der Waals surface area (Å²) in [5.74, 6) is 0.453. The number of carbonyl (C=O) groups is 1. The molecule has 0 aliphatic heterocycles. The van der Waals surface area contributed by atoms with Gasteiger partial charge in [-0.25, -0.2) is 8.42 Å². The molecule has 0 spiro atoms. The standard InChI is InChI=1S/C20H25ClN2O4S/c1-5-19(23(28(4,25)26)17-10-8-16(21)9-11-17)20(24)22(2)14-15-6-12-18(27-3)13-7-15/h6-13,19H,5,14H2,1-4H3/t19-/m1/s1. The Morgan fingerprint density at radius 2 is 1.68 bits per heavy atom. The van der Waals surface area contributed by atoms with Crippen molar-refractivity contribution in [2.24, 2.45) is 0 Å². The normalized spacial score (nSPS) is 12.3. The molecule has 1 amide bonds. The van der Waals surface area contributed by atoms with Crippen molar-refractivity contribution >= 4 is 33.2 Å². The van der Waals surface area contributed by atoms with Crippen LogP contribution in [-0.4, -0.2) is 45.7 Å². The van der Waals surface area contributed by atoms with Crippen molar-refractivity contribution in [1.82, 2.24) is 4.90 Å². The number of anilines is 1. The van der Waals surface area contributed by atoms with E-state index in [1.807, 2.05) is 24.3 Å². The average Bonchev–Trinajstić information content (AvgIpc) is 2.66. The van der Waals surface area contributed by atoms with Gasteiger partial charge >= 0.3 is 0 Å². The molecule has 0 bridgehead atoms. The third-order valence-electron chi connectivity index (χ3n) is 4.35. The number of ether oxygens (including phenoxy) is 1. The number of benzene rings is 2. The Morgan fingerprint density at radius 3 is 2.14 bits per heavy atom. The van der Waals surface area contributed by atoms with Gasteiger partial charge in [-0.1, -0.05) is 30.7 Å². The van der Waals surface area contributed by atoms with Gasteiger partial charge in [-0.3, -0.25) is 9.10 Å². The first-order chi connectivity index (χ1) is 13.2. The van der Waals surface area contributed by atoms with Gasteiger partial charge in [-0.2, -0.15) is 0 Å². The molecule has 0 aromatic heterocycles. The number of methoxy groups -OCH3 is 1. The van der Waals surface area contributed by atoms with Gasteiger partial charge in [0.05, 0.1) is 19.1 Å². The van der Waals surface area contributed by atoms with Crippen LogP contribution in [0.4, 0.5) is 5.69 Å². The first-order valence-corrected chi connectivity index (χ1v) is 11.0. The molecule has 0 aliphatic rings. The minimum Gasteiger partial charge on any atom is -0.497 e. The summed E-state index contributed by atoms with van der Waals surface area (Å²) in [5.41, 5.74) is 1.33. The number of nitrogens with zero attached hydrogens (tertiary/aromatic N) is 2. The van der Waals surface area contributed by atoms with Crippen molar-refractivity contribution in [1.29, 1.82) is 0 Å². The largest absolute Gasteiger partial charge is 0.497 e. The Labute approximate surface area is 171 Å². The van der Waals surface area contributed by atoms with Crippen LogP contribution in [0.25, 0.3) is 0 Å².